The van der Waals surface area contributed by atoms with Crippen LogP contribution in [0, 0.1) is 12.8 Å². The molecule has 17 heavy (non-hydrogen) atoms. The number of ether oxygens (including phenoxy) is 1. The Bertz CT molecular complexity index is 354. The zero-order valence-corrected chi connectivity index (χ0v) is 11.8. The van der Waals surface area contributed by atoms with Crippen LogP contribution < -0.4 is 5.32 Å². The lowest BCUT2D eigenvalue weighted by atomic mass is 9.90. The van der Waals surface area contributed by atoms with Crippen LogP contribution in [0.3, 0.4) is 0 Å². The van der Waals surface area contributed by atoms with Gasteiger partial charge in [0.2, 0.25) is 0 Å². The molecular weight excluding hydrogens is 234 g/mol. The van der Waals surface area contributed by atoms with E-state index in [1.807, 2.05) is 13.1 Å². The van der Waals surface area contributed by atoms with Crippen LogP contribution in [-0.4, -0.2) is 20.8 Å². The zero-order chi connectivity index (χ0) is 12.8. The molecule has 0 saturated carbocycles. The van der Waals surface area contributed by atoms with Crippen LogP contribution in [0.5, 0.6) is 0 Å². The van der Waals surface area contributed by atoms with Crippen molar-refractivity contribution in [3.05, 3.63) is 34.3 Å². The van der Waals surface area contributed by atoms with Gasteiger partial charge in [-0.05, 0) is 49.6 Å². The Morgan fingerprint density at radius 1 is 1.41 bits per heavy atom. The van der Waals surface area contributed by atoms with Crippen molar-refractivity contribution in [2.24, 2.45) is 5.92 Å². The molecule has 0 aliphatic heterocycles. The maximum Gasteiger partial charge on any atom is 0.0465 e. The fourth-order valence-electron chi connectivity index (χ4n) is 2.16. The topological polar surface area (TPSA) is 21.3 Å². The Kier molecular flexibility index (Phi) is 5.96. The third-order valence-electron chi connectivity index (χ3n) is 3.23. The van der Waals surface area contributed by atoms with E-state index in [9.17, 15) is 0 Å². The Morgan fingerprint density at radius 2 is 2.12 bits per heavy atom. The minimum atomic E-state index is 0.323. The second-order valence-corrected chi connectivity index (χ2v) is 4.96. The van der Waals surface area contributed by atoms with E-state index in [2.05, 4.69) is 31.3 Å². The number of methoxy groups -OCH3 is 1. The summed E-state index contributed by atoms with van der Waals surface area (Å²) in [5, 5.41) is 4.18. The van der Waals surface area contributed by atoms with Crippen molar-refractivity contribution in [1.82, 2.24) is 5.32 Å². The number of halogens is 1. The molecule has 1 aromatic carbocycles. The zero-order valence-electron chi connectivity index (χ0n) is 11.1. The van der Waals surface area contributed by atoms with E-state index in [0.29, 0.717) is 12.0 Å². The monoisotopic (exact) mass is 255 g/mol. The molecule has 0 fully saturated rings. The lowest BCUT2D eigenvalue weighted by molar-refractivity contribution is 0.171. The van der Waals surface area contributed by atoms with Crippen molar-refractivity contribution in [3.8, 4) is 0 Å². The van der Waals surface area contributed by atoms with Gasteiger partial charge in [-0.1, -0.05) is 24.6 Å². The average Bonchev–Trinajstić information content (AvgIpc) is 2.32. The minimum absolute atomic E-state index is 0.323. The van der Waals surface area contributed by atoms with Crippen LogP contribution in [0.1, 0.15) is 30.5 Å². The predicted octanol–water partition coefficient (Wildman–Crippen LogP) is 3.58. The Balaban J connectivity index is 2.88. The molecule has 0 aliphatic rings. The van der Waals surface area contributed by atoms with Crippen molar-refractivity contribution in [2.75, 3.05) is 20.8 Å². The van der Waals surface area contributed by atoms with Crippen LogP contribution >= 0.6 is 11.6 Å². The summed E-state index contributed by atoms with van der Waals surface area (Å²) in [4.78, 5) is 0. The van der Waals surface area contributed by atoms with Crippen LogP contribution in [0.2, 0.25) is 5.02 Å². The first kappa shape index (κ1) is 14.5. The van der Waals surface area contributed by atoms with Crippen LogP contribution in [0.25, 0.3) is 0 Å². The van der Waals surface area contributed by atoms with Crippen molar-refractivity contribution in [3.63, 3.8) is 0 Å². The molecule has 0 radical (unpaired) electrons. The SMILES string of the molecule is CNC(c1cc(Cl)ccc1C)C(C)CCOC. The summed E-state index contributed by atoms with van der Waals surface area (Å²) in [6, 6.07) is 6.39. The first-order chi connectivity index (χ1) is 8.10. The molecule has 96 valence electrons. The standard InChI is InChI=1S/C14H22ClNO/c1-10-5-6-12(15)9-13(10)14(16-3)11(2)7-8-17-4/h5-6,9,11,14,16H,7-8H2,1-4H3. The van der Waals surface area contributed by atoms with Crippen molar-refractivity contribution in [2.45, 2.75) is 26.3 Å². The van der Waals surface area contributed by atoms with E-state index in [1.54, 1.807) is 7.11 Å². The van der Waals surface area contributed by atoms with E-state index in [1.165, 1.54) is 11.1 Å². The molecule has 0 bridgehead atoms. The molecule has 0 heterocycles. The number of rotatable bonds is 6. The quantitative estimate of drug-likeness (QED) is 0.839. The van der Waals surface area contributed by atoms with Gasteiger partial charge in [0.1, 0.15) is 0 Å². The van der Waals surface area contributed by atoms with Crippen LogP contribution in [0.15, 0.2) is 18.2 Å². The summed E-state index contributed by atoms with van der Waals surface area (Å²) in [7, 11) is 3.74. The number of hydrogen-bond acceptors (Lipinski definition) is 2. The highest BCUT2D eigenvalue weighted by atomic mass is 35.5. The van der Waals surface area contributed by atoms with Gasteiger partial charge in [-0.25, -0.2) is 0 Å². The number of hydrogen-bond donors (Lipinski definition) is 1. The summed E-state index contributed by atoms with van der Waals surface area (Å²) in [5.74, 6) is 0.511. The Hall–Kier alpha value is -0.570. The van der Waals surface area contributed by atoms with Gasteiger partial charge in [0, 0.05) is 24.8 Å². The molecule has 2 nitrogen and oxygen atoms in total. The average molecular weight is 256 g/mol. The summed E-state index contributed by atoms with van der Waals surface area (Å²) >= 11 is 6.07. The maximum atomic E-state index is 6.07. The highest BCUT2D eigenvalue weighted by Gasteiger charge is 2.19. The number of benzene rings is 1. The largest absolute Gasteiger partial charge is 0.385 e. The first-order valence-electron chi connectivity index (χ1n) is 6.02. The molecule has 1 N–H and O–H groups in total. The first-order valence-corrected chi connectivity index (χ1v) is 6.40. The van der Waals surface area contributed by atoms with Crippen LogP contribution in [0.4, 0.5) is 0 Å². The molecular formula is C14H22ClNO. The number of nitrogens with one attached hydrogen (secondary N) is 1. The van der Waals surface area contributed by atoms with E-state index in [4.69, 9.17) is 16.3 Å². The van der Waals surface area contributed by atoms with E-state index in [0.717, 1.165) is 18.1 Å². The predicted molar refractivity (Wildman–Crippen MR) is 73.6 cm³/mol. The smallest absolute Gasteiger partial charge is 0.0465 e. The number of aryl methyl sites for hydroxylation is 1. The highest BCUT2D eigenvalue weighted by Crippen LogP contribution is 2.28. The van der Waals surface area contributed by atoms with E-state index in [-0.39, 0.29) is 0 Å². The molecule has 0 saturated heterocycles. The lowest BCUT2D eigenvalue weighted by Crippen LogP contribution is -2.25. The second kappa shape index (κ2) is 7.00. The minimum Gasteiger partial charge on any atom is -0.385 e. The van der Waals surface area contributed by atoms with Gasteiger partial charge >= 0.3 is 0 Å². The summed E-state index contributed by atoms with van der Waals surface area (Å²) in [6.45, 7) is 5.15. The summed E-state index contributed by atoms with van der Waals surface area (Å²) < 4.78 is 5.14. The van der Waals surface area contributed by atoms with Gasteiger partial charge in [-0.3, -0.25) is 0 Å². The van der Waals surface area contributed by atoms with Crippen molar-refractivity contribution >= 4 is 11.6 Å². The lowest BCUT2D eigenvalue weighted by Gasteiger charge is -2.25. The van der Waals surface area contributed by atoms with E-state index < -0.39 is 0 Å². The molecule has 0 aliphatic carbocycles. The van der Waals surface area contributed by atoms with Crippen LogP contribution in [-0.2, 0) is 4.74 Å². The summed E-state index contributed by atoms with van der Waals surface area (Å²) in [6.07, 6.45) is 1.04. The molecule has 0 amide bonds. The Labute approximate surface area is 109 Å². The van der Waals surface area contributed by atoms with Gasteiger partial charge < -0.3 is 10.1 Å². The van der Waals surface area contributed by atoms with E-state index >= 15 is 0 Å². The fraction of sp³-hybridized carbons (Fsp3) is 0.571. The molecule has 3 heteroatoms. The maximum absolute atomic E-state index is 6.07. The molecule has 2 unspecified atom stereocenters. The molecule has 2 atom stereocenters. The molecule has 0 spiro atoms. The fourth-order valence-corrected chi connectivity index (χ4v) is 2.34. The van der Waals surface area contributed by atoms with Gasteiger partial charge in [0.15, 0.2) is 0 Å². The Morgan fingerprint density at radius 3 is 2.71 bits per heavy atom. The van der Waals surface area contributed by atoms with Gasteiger partial charge in [-0.15, -0.1) is 0 Å². The summed E-state index contributed by atoms with van der Waals surface area (Å²) in [5.41, 5.74) is 2.56. The van der Waals surface area contributed by atoms with Gasteiger partial charge in [-0.2, -0.15) is 0 Å². The third-order valence-corrected chi connectivity index (χ3v) is 3.47. The van der Waals surface area contributed by atoms with Gasteiger partial charge in [0.05, 0.1) is 0 Å². The third kappa shape index (κ3) is 3.98. The highest BCUT2D eigenvalue weighted by molar-refractivity contribution is 6.30. The van der Waals surface area contributed by atoms with Gasteiger partial charge in [0.25, 0.3) is 0 Å². The molecule has 0 aromatic heterocycles. The van der Waals surface area contributed by atoms with Crippen molar-refractivity contribution in [1.29, 1.82) is 0 Å². The second-order valence-electron chi connectivity index (χ2n) is 4.53. The normalized spacial score (nSPS) is 14.6. The molecule has 1 aromatic rings. The molecule has 1 rings (SSSR count). The van der Waals surface area contributed by atoms with Crippen molar-refractivity contribution < 1.29 is 4.74 Å².